The predicted octanol–water partition coefficient (Wildman–Crippen LogP) is 5.37. The number of hydrogen-bond donors (Lipinski definition) is 4. The number of benzene rings is 1. The van der Waals surface area contributed by atoms with Crippen LogP contribution in [0.15, 0.2) is 30.5 Å². The fourth-order valence-electron chi connectivity index (χ4n) is 4.00. The summed E-state index contributed by atoms with van der Waals surface area (Å²) in [7, 11) is 0. The molecule has 0 saturated heterocycles. The summed E-state index contributed by atoms with van der Waals surface area (Å²) in [4.78, 5) is 30.2. The van der Waals surface area contributed by atoms with Gasteiger partial charge in [0.1, 0.15) is 11.6 Å². The van der Waals surface area contributed by atoms with E-state index in [0.717, 1.165) is 50.0 Å². The Morgan fingerprint density at radius 3 is 2.38 bits per heavy atom. The molecule has 0 spiro atoms. The highest BCUT2D eigenvalue weighted by Gasteiger charge is 2.38. The first-order valence-corrected chi connectivity index (χ1v) is 12.3. The Balaban J connectivity index is 0.000000479. The van der Waals surface area contributed by atoms with Crippen molar-refractivity contribution in [2.45, 2.75) is 63.5 Å². The molecule has 1 aromatic heterocycles. The van der Waals surface area contributed by atoms with Gasteiger partial charge in [0.2, 0.25) is 11.9 Å². The van der Waals surface area contributed by atoms with Crippen LogP contribution in [0.3, 0.4) is 0 Å². The molecule has 0 unspecified atom stereocenters. The summed E-state index contributed by atoms with van der Waals surface area (Å²) in [6.07, 6.45) is 5.57. The third kappa shape index (κ3) is 9.51. The van der Waals surface area contributed by atoms with Crippen LogP contribution in [-0.2, 0) is 9.59 Å². The van der Waals surface area contributed by atoms with Gasteiger partial charge in [0.05, 0.1) is 0 Å². The number of hydrogen-bond acceptors (Lipinski definition) is 6. The molecule has 37 heavy (non-hydrogen) atoms. The number of alkyl halides is 3. The second-order valence-electron chi connectivity index (χ2n) is 9.12. The van der Waals surface area contributed by atoms with Crippen LogP contribution in [0.4, 0.5) is 35.0 Å². The molecule has 4 N–H and O–H groups in total. The van der Waals surface area contributed by atoms with E-state index in [9.17, 15) is 22.4 Å². The molecule has 12 heteroatoms. The van der Waals surface area contributed by atoms with Crippen LogP contribution >= 0.6 is 0 Å². The minimum absolute atomic E-state index is 0.200. The van der Waals surface area contributed by atoms with Gasteiger partial charge in [0, 0.05) is 36.5 Å². The summed E-state index contributed by atoms with van der Waals surface area (Å²) in [5.41, 5.74) is 1.75. The molecule has 2 aromatic rings. The molecule has 0 radical (unpaired) electrons. The van der Waals surface area contributed by atoms with Crippen molar-refractivity contribution < 1.29 is 32.3 Å². The zero-order valence-corrected chi connectivity index (χ0v) is 20.3. The molecule has 8 nitrogen and oxygen atoms in total. The van der Waals surface area contributed by atoms with Crippen LogP contribution in [0.2, 0.25) is 0 Å². The Kier molecular flexibility index (Phi) is 10.0. The van der Waals surface area contributed by atoms with Crippen LogP contribution in [-0.4, -0.2) is 46.2 Å². The molecule has 2 saturated carbocycles. The third-order valence-electron chi connectivity index (χ3n) is 6.08. The van der Waals surface area contributed by atoms with E-state index in [1.54, 1.807) is 12.1 Å². The fraction of sp³-hybridized carbons (Fsp3) is 0.520. The number of carbonyl (C=O) groups excluding carboxylic acids is 1. The monoisotopic (exact) mass is 525 g/mol. The smallest absolute Gasteiger partial charge is 0.475 e. The number of carboxylic acids is 1. The molecule has 0 aliphatic heterocycles. The number of halogens is 4. The lowest BCUT2D eigenvalue weighted by Crippen LogP contribution is -2.33. The minimum atomic E-state index is -5.08. The average molecular weight is 526 g/mol. The van der Waals surface area contributed by atoms with Crippen LogP contribution in [0.5, 0.6) is 0 Å². The number of aromatic nitrogens is 2. The Morgan fingerprint density at radius 1 is 1.05 bits per heavy atom. The van der Waals surface area contributed by atoms with Crippen molar-refractivity contribution >= 4 is 29.3 Å². The first-order chi connectivity index (χ1) is 17.6. The maximum absolute atomic E-state index is 13.4. The van der Waals surface area contributed by atoms with Gasteiger partial charge in [-0.05, 0) is 56.2 Å². The van der Waals surface area contributed by atoms with E-state index in [2.05, 4.69) is 25.9 Å². The van der Waals surface area contributed by atoms with E-state index in [4.69, 9.17) is 9.90 Å². The molecule has 2 fully saturated rings. The molecule has 2 aliphatic carbocycles. The van der Waals surface area contributed by atoms with Crippen molar-refractivity contribution in [2.75, 3.05) is 23.7 Å². The number of rotatable bonds is 9. The van der Waals surface area contributed by atoms with Crippen molar-refractivity contribution in [3.05, 3.63) is 41.8 Å². The van der Waals surface area contributed by atoms with Gasteiger partial charge in [-0.1, -0.05) is 25.3 Å². The SMILES string of the molecule is O=C(NCCCNc1nc(Nc2cccc(F)c2)ncc1C1CC1)C1CCCCC1.O=C(O)C(F)(F)F. The van der Waals surface area contributed by atoms with E-state index < -0.39 is 12.1 Å². The Morgan fingerprint density at radius 2 is 1.76 bits per heavy atom. The number of nitrogens with zero attached hydrogens (tertiary/aromatic N) is 2. The first kappa shape index (κ1) is 28.1. The molecule has 2 aliphatic rings. The first-order valence-electron chi connectivity index (χ1n) is 12.3. The van der Waals surface area contributed by atoms with Crippen LogP contribution in [0, 0.1) is 11.7 Å². The van der Waals surface area contributed by atoms with Crippen LogP contribution in [0.1, 0.15) is 62.8 Å². The van der Waals surface area contributed by atoms with Gasteiger partial charge in [-0.2, -0.15) is 18.2 Å². The highest BCUT2D eigenvalue weighted by atomic mass is 19.4. The van der Waals surface area contributed by atoms with E-state index in [1.807, 2.05) is 6.20 Å². The molecular weight excluding hydrogens is 494 g/mol. The number of carbonyl (C=O) groups is 2. The Labute approximate surface area is 212 Å². The van der Waals surface area contributed by atoms with Crippen LogP contribution in [0.25, 0.3) is 0 Å². The molecule has 1 aromatic carbocycles. The van der Waals surface area contributed by atoms with Crippen molar-refractivity contribution in [2.24, 2.45) is 5.92 Å². The topological polar surface area (TPSA) is 116 Å². The molecule has 1 amide bonds. The van der Waals surface area contributed by atoms with Gasteiger partial charge in [0.25, 0.3) is 0 Å². The lowest BCUT2D eigenvalue weighted by atomic mass is 9.89. The zero-order valence-electron chi connectivity index (χ0n) is 20.3. The quantitative estimate of drug-likeness (QED) is 0.257. The van der Waals surface area contributed by atoms with Crippen LogP contribution < -0.4 is 16.0 Å². The maximum atomic E-state index is 13.4. The number of nitrogens with one attached hydrogen (secondary N) is 3. The van der Waals surface area contributed by atoms with E-state index in [-0.39, 0.29) is 17.6 Å². The number of anilines is 3. The molecule has 0 bridgehead atoms. The number of carboxylic acid groups (broad SMARTS) is 1. The van der Waals surface area contributed by atoms with E-state index in [1.165, 1.54) is 31.4 Å². The van der Waals surface area contributed by atoms with Gasteiger partial charge >= 0.3 is 12.1 Å². The summed E-state index contributed by atoms with van der Waals surface area (Å²) in [5, 5.41) is 16.7. The molecular formula is C25H31F4N5O3. The highest BCUT2D eigenvalue weighted by Crippen LogP contribution is 2.42. The minimum Gasteiger partial charge on any atom is -0.475 e. The normalized spacial score (nSPS) is 15.8. The molecule has 1 heterocycles. The average Bonchev–Trinajstić information content (AvgIpc) is 3.70. The summed E-state index contributed by atoms with van der Waals surface area (Å²) in [6, 6.07) is 6.25. The number of aliphatic carboxylic acids is 1. The standard InChI is InChI=1S/C23H30FN5O.C2HF3O2/c24-18-8-4-9-19(14-18)28-23-27-15-20(16-10-11-16)21(29-23)25-12-5-13-26-22(30)17-6-2-1-3-7-17;3-2(4,5)1(6)7/h4,8-9,14-17H,1-3,5-7,10-13H2,(H,26,30)(H2,25,27,28,29);(H,6,7). The predicted molar refractivity (Wildman–Crippen MR) is 130 cm³/mol. The van der Waals surface area contributed by atoms with Crippen molar-refractivity contribution in [1.29, 1.82) is 0 Å². The largest absolute Gasteiger partial charge is 0.490 e. The molecule has 4 rings (SSSR count). The van der Waals surface area contributed by atoms with Crippen molar-refractivity contribution in [3.8, 4) is 0 Å². The second kappa shape index (κ2) is 13.2. The highest BCUT2D eigenvalue weighted by molar-refractivity contribution is 5.78. The lowest BCUT2D eigenvalue weighted by Gasteiger charge is -2.20. The van der Waals surface area contributed by atoms with E-state index in [0.29, 0.717) is 24.1 Å². The summed E-state index contributed by atoms with van der Waals surface area (Å²) in [6.45, 7) is 1.39. The van der Waals surface area contributed by atoms with Crippen molar-refractivity contribution in [1.82, 2.24) is 15.3 Å². The maximum Gasteiger partial charge on any atom is 0.490 e. The lowest BCUT2D eigenvalue weighted by molar-refractivity contribution is -0.192. The second-order valence-corrected chi connectivity index (χ2v) is 9.12. The van der Waals surface area contributed by atoms with Gasteiger partial charge in [0.15, 0.2) is 0 Å². The van der Waals surface area contributed by atoms with Gasteiger partial charge in [-0.25, -0.2) is 14.2 Å². The fourth-order valence-corrected chi connectivity index (χ4v) is 4.00. The van der Waals surface area contributed by atoms with Crippen molar-refractivity contribution in [3.63, 3.8) is 0 Å². The van der Waals surface area contributed by atoms with Gasteiger partial charge in [-0.15, -0.1) is 0 Å². The Bertz CT molecular complexity index is 1060. The third-order valence-corrected chi connectivity index (χ3v) is 6.08. The molecule has 0 atom stereocenters. The molecule has 202 valence electrons. The van der Waals surface area contributed by atoms with Gasteiger partial charge < -0.3 is 21.1 Å². The summed E-state index contributed by atoms with van der Waals surface area (Å²) in [5.74, 6) is -0.871. The zero-order chi connectivity index (χ0) is 26.8. The summed E-state index contributed by atoms with van der Waals surface area (Å²) >= 11 is 0. The van der Waals surface area contributed by atoms with E-state index >= 15 is 0 Å². The van der Waals surface area contributed by atoms with Gasteiger partial charge in [-0.3, -0.25) is 4.79 Å². The number of amides is 1. The Hall–Kier alpha value is -3.44. The summed E-state index contributed by atoms with van der Waals surface area (Å²) < 4.78 is 45.2.